The van der Waals surface area contributed by atoms with E-state index in [-0.39, 0.29) is 21.7 Å². The maximum absolute atomic E-state index is 14.2. The number of nitrogens with two attached hydrogens (primary N) is 1. The lowest BCUT2D eigenvalue weighted by Gasteiger charge is -2.17. The number of ether oxygens (including phenoxy) is 2. The molecule has 1 amide bonds. The predicted octanol–water partition coefficient (Wildman–Crippen LogP) is 5.28. The Morgan fingerprint density at radius 1 is 1.17 bits per heavy atom. The summed E-state index contributed by atoms with van der Waals surface area (Å²) >= 11 is 11.4. The summed E-state index contributed by atoms with van der Waals surface area (Å²) in [6, 6.07) is 12.3. The second kappa shape index (κ2) is 8.66. The first-order chi connectivity index (χ1) is 14.1. The summed E-state index contributed by atoms with van der Waals surface area (Å²) in [4.78, 5) is 24.7. The fraction of sp³-hybridized carbons (Fsp3) is 0.273. The van der Waals surface area contributed by atoms with Crippen LogP contribution in [0, 0.1) is 23.1 Å². The maximum Gasteiger partial charge on any atom is 0.311 e. The van der Waals surface area contributed by atoms with Crippen molar-refractivity contribution in [1.29, 1.82) is 0 Å². The molecule has 1 fully saturated rings. The number of esters is 1. The Labute approximate surface area is 183 Å². The molecule has 0 bridgehead atoms. The molecule has 2 aromatic carbocycles. The number of amides is 1. The topological polar surface area (TPSA) is 78.6 Å². The second-order valence-electron chi connectivity index (χ2n) is 7.61. The highest BCUT2D eigenvalue weighted by atomic mass is 35.5. The lowest BCUT2D eigenvalue weighted by atomic mass is 10.1. The summed E-state index contributed by atoms with van der Waals surface area (Å²) in [6.07, 6.45) is 0.168. The van der Waals surface area contributed by atoms with Crippen molar-refractivity contribution in [2.45, 2.75) is 20.0 Å². The number of rotatable bonds is 7. The number of allylic oxidation sites excluding steroid dienone is 1. The summed E-state index contributed by atoms with van der Waals surface area (Å²) in [5, 5.41) is 0. The lowest BCUT2D eigenvalue weighted by Crippen LogP contribution is -2.27. The molecular formula is C22H20Cl2FNO4. The van der Waals surface area contributed by atoms with E-state index in [1.54, 1.807) is 36.4 Å². The van der Waals surface area contributed by atoms with Crippen LogP contribution in [-0.4, -0.2) is 11.9 Å². The van der Waals surface area contributed by atoms with E-state index in [2.05, 4.69) is 0 Å². The number of carbonyl (C=O) groups is 2. The summed E-state index contributed by atoms with van der Waals surface area (Å²) < 4.78 is 25.2. The summed E-state index contributed by atoms with van der Waals surface area (Å²) in [5.74, 6) is -2.62. The number of halogens is 3. The minimum Gasteiger partial charge on any atom is -0.454 e. The molecule has 0 radical (unpaired) electrons. The third-order valence-electron chi connectivity index (χ3n) is 5.19. The molecule has 0 saturated heterocycles. The van der Waals surface area contributed by atoms with Crippen molar-refractivity contribution in [3.63, 3.8) is 0 Å². The molecule has 1 aliphatic carbocycles. The smallest absolute Gasteiger partial charge is 0.311 e. The number of primary amides is 1. The number of hydrogen-bond donors (Lipinski definition) is 1. The van der Waals surface area contributed by atoms with Crippen LogP contribution in [0.2, 0.25) is 0 Å². The Balaban J connectivity index is 1.82. The van der Waals surface area contributed by atoms with Crippen LogP contribution in [0.25, 0.3) is 0 Å². The van der Waals surface area contributed by atoms with Crippen LogP contribution in [0.3, 0.4) is 0 Å². The third kappa shape index (κ3) is 4.77. The molecule has 5 nitrogen and oxygen atoms in total. The van der Waals surface area contributed by atoms with E-state index in [1.165, 1.54) is 12.1 Å². The van der Waals surface area contributed by atoms with E-state index < -0.39 is 35.1 Å². The zero-order chi connectivity index (χ0) is 22.1. The van der Waals surface area contributed by atoms with Crippen molar-refractivity contribution in [3.8, 4) is 11.5 Å². The molecule has 2 N–H and O–H groups in total. The Hall–Kier alpha value is -2.57. The molecule has 0 aromatic heterocycles. The predicted molar refractivity (Wildman–Crippen MR) is 111 cm³/mol. The average molecular weight is 452 g/mol. The highest BCUT2D eigenvalue weighted by Gasteiger charge is 2.62. The number of hydrogen-bond acceptors (Lipinski definition) is 4. The van der Waals surface area contributed by atoms with Gasteiger partial charge in [-0.3, -0.25) is 9.59 Å². The lowest BCUT2D eigenvalue weighted by molar-refractivity contribution is -0.157. The minimum atomic E-state index is -1.40. The van der Waals surface area contributed by atoms with Crippen LogP contribution in [0.15, 0.2) is 59.1 Å². The average Bonchev–Trinajstić information content (AvgIpc) is 3.21. The van der Waals surface area contributed by atoms with Crippen LogP contribution < -0.4 is 10.5 Å². The molecule has 30 heavy (non-hydrogen) atoms. The van der Waals surface area contributed by atoms with Gasteiger partial charge in [0.1, 0.15) is 10.2 Å². The van der Waals surface area contributed by atoms with E-state index in [9.17, 15) is 14.0 Å². The monoisotopic (exact) mass is 451 g/mol. The summed E-state index contributed by atoms with van der Waals surface area (Å²) in [6.45, 7) is 3.72. The summed E-state index contributed by atoms with van der Waals surface area (Å²) in [7, 11) is 0. The standard InChI is InChI=1S/C22H20Cl2FNO4/c1-22(2)14(11-17(23)24)18(22)21(28)30-19(20(26)27)12-8-9-15(25)16(10-12)29-13-6-4-3-5-7-13/h3-11,14,18-19H,1-2H3,(H2,26,27)/t14?,18-,19-/m0/s1. The van der Waals surface area contributed by atoms with Crippen LogP contribution in [0.4, 0.5) is 4.39 Å². The molecule has 3 rings (SSSR count). The first-order valence-corrected chi connectivity index (χ1v) is 9.92. The molecule has 1 unspecified atom stereocenters. The van der Waals surface area contributed by atoms with Gasteiger partial charge >= 0.3 is 5.97 Å². The van der Waals surface area contributed by atoms with Crippen molar-refractivity contribution < 1.29 is 23.5 Å². The zero-order valence-electron chi connectivity index (χ0n) is 16.3. The highest BCUT2D eigenvalue weighted by molar-refractivity contribution is 6.55. The van der Waals surface area contributed by atoms with Gasteiger partial charge in [-0.25, -0.2) is 4.39 Å². The molecule has 2 aromatic rings. The van der Waals surface area contributed by atoms with Gasteiger partial charge in [-0.05, 0) is 41.7 Å². The van der Waals surface area contributed by atoms with Crippen molar-refractivity contribution in [1.82, 2.24) is 0 Å². The molecule has 1 saturated carbocycles. The SMILES string of the molecule is CC1(C)C(C=C(Cl)Cl)[C@H]1C(=O)O[C@H](C(N)=O)c1ccc(F)c(Oc2ccccc2)c1. The van der Waals surface area contributed by atoms with Gasteiger partial charge in [0, 0.05) is 5.56 Å². The van der Waals surface area contributed by atoms with Crippen molar-refractivity contribution in [2.24, 2.45) is 23.0 Å². The molecule has 0 heterocycles. The fourth-order valence-corrected chi connectivity index (χ4v) is 3.70. The Morgan fingerprint density at radius 2 is 1.83 bits per heavy atom. The largest absolute Gasteiger partial charge is 0.454 e. The van der Waals surface area contributed by atoms with Crippen molar-refractivity contribution in [3.05, 3.63) is 70.5 Å². The van der Waals surface area contributed by atoms with Gasteiger partial charge in [-0.1, -0.05) is 61.3 Å². The van der Waals surface area contributed by atoms with Gasteiger partial charge in [0.15, 0.2) is 11.6 Å². The molecular weight excluding hydrogens is 432 g/mol. The van der Waals surface area contributed by atoms with E-state index in [0.717, 1.165) is 6.07 Å². The first-order valence-electron chi connectivity index (χ1n) is 9.16. The van der Waals surface area contributed by atoms with Gasteiger partial charge in [0.25, 0.3) is 5.91 Å². The molecule has 3 atom stereocenters. The van der Waals surface area contributed by atoms with Crippen LogP contribution in [-0.2, 0) is 14.3 Å². The Kier molecular flexibility index (Phi) is 6.38. The quantitative estimate of drug-likeness (QED) is 0.580. The second-order valence-corrected chi connectivity index (χ2v) is 8.61. The van der Waals surface area contributed by atoms with Crippen LogP contribution in [0.5, 0.6) is 11.5 Å². The maximum atomic E-state index is 14.2. The van der Waals surface area contributed by atoms with E-state index in [4.69, 9.17) is 38.4 Å². The van der Waals surface area contributed by atoms with Crippen LogP contribution >= 0.6 is 23.2 Å². The highest BCUT2D eigenvalue weighted by Crippen LogP contribution is 2.60. The van der Waals surface area contributed by atoms with Crippen LogP contribution in [0.1, 0.15) is 25.5 Å². The number of carbonyl (C=O) groups excluding carboxylic acids is 2. The van der Waals surface area contributed by atoms with Gasteiger partial charge in [0.05, 0.1) is 5.92 Å². The molecule has 0 aliphatic heterocycles. The number of benzene rings is 2. The first kappa shape index (κ1) is 22.1. The molecule has 8 heteroatoms. The Morgan fingerprint density at radius 3 is 2.43 bits per heavy atom. The molecule has 0 spiro atoms. The third-order valence-corrected chi connectivity index (χ3v) is 5.44. The normalized spacial score (nSPS) is 20.0. The fourth-order valence-electron chi connectivity index (χ4n) is 3.43. The Bertz CT molecular complexity index is 990. The van der Waals surface area contributed by atoms with Gasteiger partial charge in [-0.15, -0.1) is 0 Å². The van der Waals surface area contributed by atoms with Gasteiger partial charge in [-0.2, -0.15) is 0 Å². The van der Waals surface area contributed by atoms with Crippen molar-refractivity contribution >= 4 is 35.1 Å². The molecule has 1 aliphatic rings. The van der Waals surface area contributed by atoms with Gasteiger partial charge < -0.3 is 15.2 Å². The van der Waals surface area contributed by atoms with E-state index >= 15 is 0 Å². The van der Waals surface area contributed by atoms with E-state index in [1.807, 2.05) is 13.8 Å². The molecule has 158 valence electrons. The van der Waals surface area contributed by atoms with Crippen molar-refractivity contribution in [2.75, 3.05) is 0 Å². The van der Waals surface area contributed by atoms with E-state index in [0.29, 0.717) is 5.75 Å². The zero-order valence-corrected chi connectivity index (χ0v) is 17.8. The van der Waals surface area contributed by atoms with Gasteiger partial charge in [0.2, 0.25) is 6.10 Å². The minimum absolute atomic E-state index is 0.0519. The number of para-hydroxylation sites is 1. The summed E-state index contributed by atoms with van der Waals surface area (Å²) in [5.41, 5.74) is 5.22.